The van der Waals surface area contributed by atoms with E-state index in [2.05, 4.69) is 36.9 Å². The van der Waals surface area contributed by atoms with Crippen molar-refractivity contribution >= 4 is 23.3 Å². The molecule has 3 aromatic rings. The number of likely N-dealkylation sites (tertiary alicyclic amines) is 1. The molecule has 2 aromatic heterocycles. The van der Waals surface area contributed by atoms with E-state index in [0.717, 1.165) is 45.5 Å². The third-order valence-corrected chi connectivity index (χ3v) is 6.87. The first-order valence-corrected chi connectivity index (χ1v) is 11.9. The monoisotopic (exact) mass is 503 g/mol. The molecule has 4 rings (SSSR count). The molecule has 1 saturated heterocycles. The van der Waals surface area contributed by atoms with Crippen LogP contribution >= 0.6 is 0 Å². The van der Waals surface area contributed by atoms with Gasteiger partial charge in [0.15, 0.2) is 5.82 Å². The predicted octanol–water partition coefficient (Wildman–Crippen LogP) is 5.37. The third kappa shape index (κ3) is 5.31. The molecule has 3 heterocycles. The van der Waals surface area contributed by atoms with Gasteiger partial charge in [-0.1, -0.05) is 6.07 Å². The highest BCUT2D eigenvalue weighted by atomic mass is 19.4. The van der Waals surface area contributed by atoms with Gasteiger partial charge in [0.25, 0.3) is 0 Å². The first-order valence-electron chi connectivity index (χ1n) is 11.9. The van der Waals surface area contributed by atoms with E-state index in [-0.39, 0.29) is 19.0 Å². The van der Waals surface area contributed by atoms with Crippen LogP contribution in [0.5, 0.6) is 0 Å². The number of hydrogen-bond acceptors (Lipinski definition) is 7. The van der Waals surface area contributed by atoms with E-state index in [4.69, 9.17) is 0 Å². The SMILES string of the molecule is Cc1cc(Nc2nc(Nc3cc(C)c(C4CCN([C@@](C)(O)C(F)(F)F)CC4)cc3C)ncc2C)n[nH]1. The first kappa shape index (κ1) is 25.9. The first-order chi connectivity index (χ1) is 16.8. The number of rotatable bonds is 6. The summed E-state index contributed by atoms with van der Waals surface area (Å²) in [4.78, 5) is 10.1. The number of alkyl halides is 3. The normalized spacial score (nSPS) is 17.1. The number of aliphatic hydroxyl groups is 1. The minimum atomic E-state index is -4.69. The van der Waals surface area contributed by atoms with Crippen LogP contribution in [-0.2, 0) is 0 Å². The Morgan fingerprint density at radius 2 is 1.69 bits per heavy atom. The molecule has 1 fully saturated rings. The lowest BCUT2D eigenvalue weighted by Crippen LogP contribution is -2.58. The number of aromatic nitrogens is 4. The summed E-state index contributed by atoms with van der Waals surface area (Å²) in [5.41, 5.74) is 3.01. The second-order valence-corrected chi connectivity index (χ2v) is 9.72. The third-order valence-electron chi connectivity index (χ3n) is 6.87. The molecule has 0 bridgehead atoms. The Hall–Kier alpha value is -3.18. The highest BCUT2D eigenvalue weighted by Gasteiger charge is 2.54. The van der Waals surface area contributed by atoms with Gasteiger partial charge in [-0.2, -0.15) is 23.3 Å². The van der Waals surface area contributed by atoms with Crippen molar-refractivity contribution < 1.29 is 18.3 Å². The zero-order chi connectivity index (χ0) is 26.3. The average molecular weight is 504 g/mol. The molecule has 0 spiro atoms. The Morgan fingerprint density at radius 3 is 2.31 bits per heavy atom. The van der Waals surface area contributed by atoms with Gasteiger partial charge in [-0.25, -0.2) is 4.98 Å². The number of aromatic amines is 1. The van der Waals surface area contributed by atoms with Gasteiger partial charge < -0.3 is 15.7 Å². The molecule has 1 aromatic carbocycles. The smallest absolute Gasteiger partial charge is 0.368 e. The van der Waals surface area contributed by atoms with E-state index in [1.807, 2.05) is 39.8 Å². The van der Waals surface area contributed by atoms with Crippen LogP contribution in [0.15, 0.2) is 24.4 Å². The van der Waals surface area contributed by atoms with Crippen molar-refractivity contribution in [2.45, 2.75) is 65.3 Å². The maximum absolute atomic E-state index is 13.2. The number of anilines is 4. The lowest BCUT2D eigenvalue weighted by molar-refractivity contribution is -0.310. The molecular weight excluding hydrogens is 471 g/mol. The van der Waals surface area contributed by atoms with Crippen LogP contribution in [0.4, 0.5) is 36.4 Å². The van der Waals surface area contributed by atoms with E-state index in [1.165, 1.54) is 0 Å². The number of benzene rings is 1. The number of halogens is 3. The second-order valence-electron chi connectivity index (χ2n) is 9.72. The van der Waals surface area contributed by atoms with Crippen molar-refractivity contribution in [3.63, 3.8) is 0 Å². The summed E-state index contributed by atoms with van der Waals surface area (Å²) in [6, 6.07) is 5.99. The van der Waals surface area contributed by atoms with Crippen molar-refractivity contribution in [3.05, 3.63) is 52.3 Å². The maximum Gasteiger partial charge on any atom is 0.430 e. The molecule has 0 aliphatic carbocycles. The molecular formula is C25H32F3N7O. The molecule has 1 aliphatic heterocycles. The summed E-state index contributed by atoms with van der Waals surface area (Å²) in [5.74, 6) is 1.88. The number of piperidine rings is 1. The fourth-order valence-electron chi connectivity index (χ4n) is 4.57. The van der Waals surface area contributed by atoms with Gasteiger partial charge in [0.2, 0.25) is 11.7 Å². The summed E-state index contributed by atoms with van der Waals surface area (Å²) in [6.45, 7) is 9.00. The number of nitrogens with one attached hydrogen (secondary N) is 3. The van der Waals surface area contributed by atoms with E-state index in [0.29, 0.717) is 30.4 Å². The molecule has 0 radical (unpaired) electrons. The van der Waals surface area contributed by atoms with E-state index in [1.54, 1.807) is 6.20 Å². The number of hydrogen-bond donors (Lipinski definition) is 4. The fourth-order valence-corrected chi connectivity index (χ4v) is 4.57. The van der Waals surface area contributed by atoms with Gasteiger partial charge in [-0.05, 0) is 76.1 Å². The summed E-state index contributed by atoms with van der Waals surface area (Å²) in [5, 5.41) is 23.6. The van der Waals surface area contributed by atoms with E-state index >= 15 is 0 Å². The maximum atomic E-state index is 13.2. The fraction of sp³-hybridized carbons (Fsp3) is 0.480. The van der Waals surface area contributed by atoms with Gasteiger partial charge in [0.05, 0.1) is 0 Å². The van der Waals surface area contributed by atoms with Crippen molar-refractivity contribution in [2.75, 3.05) is 23.7 Å². The Bertz CT molecular complexity index is 1230. The molecule has 4 N–H and O–H groups in total. The van der Waals surface area contributed by atoms with Crippen LogP contribution in [0.1, 0.15) is 53.6 Å². The van der Waals surface area contributed by atoms with Crippen molar-refractivity contribution in [1.29, 1.82) is 0 Å². The summed E-state index contributed by atoms with van der Waals surface area (Å²) in [7, 11) is 0. The highest BCUT2D eigenvalue weighted by Crippen LogP contribution is 2.39. The van der Waals surface area contributed by atoms with Gasteiger partial charge in [-0.15, -0.1) is 0 Å². The minimum absolute atomic E-state index is 0.127. The summed E-state index contributed by atoms with van der Waals surface area (Å²) < 4.78 is 39.7. The van der Waals surface area contributed by atoms with Gasteiger partial charge in [-0.3, -0.25) is 10.00 Å². The zero-order valence-corrected chi connectivity index (χ0v) is 21.1. The molecule has 194 valence electrons. The topological polar surface area (TPSA) is 102 Å². The molecule has 11 heteroatoms. The Balaban J connectivity index is 1.47. The Morgan fingerprint density at radius 1 is 1.00 bits per heavy atom. The molecule has 0 unspecified atom stereocenters. The molecule has 0 amide bonds. The van der Waals surface area contributed by atoms with E-state index in [9.17, 15) is 18.3 Å². The summed E-state index contributed by atoms with van der Waals surface area (Å²) >= 11 is 0. The van der Waals surface area contributed by atoms with Gasteiger partial charge in [0, 0.05) is 42.3 Å². The predicted molar refractivity (Wildman–Crippen MR) is 133 cm³/mol. The average Bonchev–Trinajstić information content (AvgIpc) is 3.22. The van der Waals surface area contributed by atoms with Crippen LogP contribution < -0.4 is 10.6 Å². The van der Waals surface area contributed by atoms with Crippen molar-refractivity contribution in [2.24, 2.45) is 0 Å². The van der Waals surface area contributed by atoms with Gasteiger partial charge >= 0.3 is 6.18 Å². The largest absolute Gasteiger partial charge is 0.430 e. The van der Waals surface area contributed by atoms with Crippen molar-refractivity contribution in [3.8, 4) is 0 Å². The van der Waals surface area contributed by atoms with E-state index < -0.39 is 11.9 Å². The molecule has 36 heavy (non-hydrogen) atoms. The Kier molecular flexibility index (Phi) is 6.98. The van der Waals surface area contributed by atoms with Crippen molar-refractivity contribution in [1.82, 2.24) is 25.1 Å². The zero-order valence-electron chi connectivity index (χ0n) is 21.1. The molecule has 1 aliphatic rings. The van der Waals surface area contributed by atoms with Crippen LogP contribution in [0.3, 0.4) is 0 Å². The van der Waals surface area contributed by atoms with Crippen LogP contribution in [-0.4, -0.2) is 55.2 Å². The Labute approximate surface area is 208 Å². The number of nitrogens with zero attached hydrogens (tertiary/aromatic N) is 4. The quantitative estimate of drug-likeness (QED) is 0.359. The number of aryl methyl sites for hydroxylation is 4. The minimum Gasteiger partial charge on any atom is -0.368 e. The highest BCUT2D eigenvalue weighted by molar-refractivity contribution is 5.64. The van der Waals surface area contributed by atoms with Crippen LogP contribution in [0, 0.1) is 27.7 Å². The van der Waals surface area contributed by atoms with Crippen LogP contribution in [0.25, 0.3) is 0 Å². The molecule has 1 atom stereocenters. The standard InChI is InChI=1S/C25H32F3N7O/c1-14-11-20(30-23-29-13-16(3)22(32-23)31-21-12-17(4)33-34-21)15(2)10-19(14)18-6-8-35(9-7-18)24(5,36)25(26,27)28/h10-13,18,36H,6-9H2,1-5H3,(H3,29,30,31,32,33,34)/t24-/m0/s1. The van der Waals surface area contributed by atoms with Gasteiger partial charge in [0.1, 0.15) is 5.82 Å². The molecule has 8 nitrogen and oxygen atoms in total. The van der Waals surface area contributed by atoms with Crippen LogP contribution in [0.2, 0.25) is 0 Å². The second kappa shape index (κ2) is 9.70. The number of H-pyrrole nitrogens is 1. The lowest BCUT2D eigenvalue weighted by atomic mass is 9.85. The lowest BCUT2D eigenvalue weighted by Gasteiger charge is -2.42. The molecule has 0 saturated carbocycles. The summed E-state index contributed by atoms with van der Waals surface area (Å²) in [6.07, 6.45) is -1.87.